The molecule has 1 heterocycles. The van der Waals surface area contributed by atoms with Crippen molar-refractivity contribution in [1.82, 2.24) is 0 Å². The fraction of sp³-hybridized carbons (Fsp3) is 0.733. The molecule has 3 heteroatoms. The molecule has 0 aromatic carbocycles. The van der Waals surface area contributed by atoms with Crippen LogP contribution in [0.15, 0.2) is 12.1 Å². The fourth-order valence-corrected chi connectivity index (χ4v) is 4.22. The third kappa shape index (κ3) is 3.72. The van der Waals surface area contributed by atoms with Crippen LogP contribution in [0.5, 0.6) is 0 Å². The van der Waals surface area contributed by atoms with Gasteiger partial charge in [0, 0.05) is 10.9 Å². The fourth-order valence-electron chi connectivity index (χ4n) is 3.07. The van der Waals surface area contributed by atoms with Crippen LogP contribution in [0.3, 0.4) is 0 Å². The van der Waals surface area contributed by atoms with Gasteiger partial charge in [-0.15, -0.1) is 11.3 Å². The van der Waals surface area contributed by atoms with E-state index in [0.29, 0.717) is 5.92 Å². The largest absolute Gasteiger partial charge is 0.323 e. The summed E-state index contributed by atoms with van der Waals surface area (Å²) in [4.78, 5) is 1.26. The molecule has 1 aliphatic carbocycles. The van der Waals surface area contributed by atoms with Crippen molar-refractivity contribution in [1.29, 1.82) is 0 Å². The van der Waals surface area contributed by atoms with Gasteiger partial charge in [-0.25, -0.2) is 0 Å². The van der Waals surface area contributed by atoms with Gasteiger partial charge >= 0.3 is 0 Å². The molecule has 2 N–H and O–H groups in total. The summed E-state index contributed by atoms with van der Waals surface area (Å²) in [5.74, 6) is 1.62. The molecular weight excluding hydrogens is 262 g/mol. The average molecular weight is 286 g/mol. The minimum atomic E-state index is 0.203. The Kier molecular flexibility index (Phi) is 5.53. The number of hydrogen-bond acceptors (Lipinski definition) is 2. The second-order valence-corrected chi connectivity index (χ2v) is 7.34. The van der Waals surface area contributed by atoms with Gasteiger partial charge in [0.05, 0.1) is 4.34 Å². The lowest BCUT2D eigenvalue weighted by molar-refractivity contribution is 0.234. The Balaban J connectivity index is 1.82. The lowest BCUT2D eigenvalue weighted by Crippen LogP contribution is -2.25. The molecule has 0 bridgehead atoms. The molecule has 2 rings (SSSR count). The van der Waals surface area contributed by atoms with E-state index in [2.05, 4.69) is 13.0 Å². The van der Waals surface area contributed by atoms with Crippen LogP contribution in [0.1, 0.15) is 62.8 Å². The summed E-state index contributed by atoms with van der Waals surface area (Å²) in [5.41, 5.74) is 6.38. The molecule has 1 atom stereocenters. The Bertz CT molecular complexity index is 355. The highest BCUT2D eigenvalue weighted by molar-refractivity contribution is 7.16. The normalized spacial score (nSPS) is 26.2. The van der Waals surface area contributed by atoms with E-state index in [1.54, 1.807) is 11.3 Å². The highest BCUT2D eigenvalue weighted by Gasteiger charge is 2.26. The molecule has 1 aliphatic rings. The summed E-state index contributed by atoms with van der Waals surface area (Å²) >= 11 is 7.63. The number of unbranched alkanes of at least 4 members (excludes halogenated alkanes) is 1. The van der Waals surface area contributed by atoms with Gasteiger partial charge in [0.15, 0.2) is 0 Å². The maximum atomic E-state index is 6.38. The van der Waals surface area contributed by atoms with Crippen molar-refractivity contribution < 1.29 is 0 Å². The molecule has 0 radical (unpaired) electrons. The first-order valence-corrected chi connectivity index (χ1v) is 8.41. The van der Waals surface area contributed by atoms with Crippen LogP contribution in [0.25, 0.3) is 0 Å². The lowest BCUT2D eigenvalue weighted by Gasteiger charge is -2.31. The van der Waals surface area contributed by atoms with Crippen LogP contribution in [0.2, 0.25) is 4.34 Å². The number of rotatable bonds is 5. The maximum Gasteiger partial charge on any atom is 0.0931 e. The molecule has 0 aliphatic heterocycles. The van der Waals surface area contributed by atoms with Crippen molar-refractivity contribution in [3.8, 4) is 0 Å². The van der Waals surface area contributed by atoms with Crippen molar-refractivity contribution in [3.05, 3.63) is 21.3 Å². The van der Waals surface area contributed by atoms with E-state index in [1.807, 2.05) is 6.07 Å². The van der Waals surface area contributed by atoms with E-state index < -0.39 is 0 Å². The predicted octanol–water partition coefficient (Wildman–Crippen LogP) is 5.40. The van der Waals surface area contributed by atoms with Crippen molar-refractivity contribution in [2.45, 2.75) is 57.9 Å². The highest BCUT2D eigenvalue weighted by Crippen LogP contribution is 2.39. The van der Waals surface area contributed by atoms with E-state index in [9.17, 15) is 0 Å². The minimum Gasteiger partial charge on any atom is -0.323 e. The van der Waals surface area contributed by atoms with Crippen LogP contribution in [-0.4, -0.2) is 0 Å². The van der Waals surface area contributed by atoms with E-state index in [0.717, 1.165) is 10.3 Å². The standard InChI is InChI=1S/C15H24ClNS/c1-2-3-4-11-5-7-12(8-6-11)15(17)13-9-10-14(16)18-13/h9-12,15H,2-8,17H2,1H3. The van der Waals surface area contributed by atoms with Crippen molar-refractivity contribution in [3.63, 3.8) is 0 Å². The molecule has 1 aromatic rings. The topological polar surface area (TPSA) is 26.0 Å². The Labute approximate surface area is 120 Å². The summed E-state index contributed by atoms with van der Waals surface area (Å²) in [6.45, 7) is 2.28. The highest BCUT2D eigenvalue weighted by atomic mass is 35.5. The SMILES string of the molecule is CCCCC1CCC(C(N)c2ccc(Cl)s2)CC1. The van der Waals surface area contributed by atoms with Gasteiger partial charge in [-0.3, -0.25) is 0 Å². The molecule has 1 saturated carbocycles. The summed E-state index contributed by atoms with van der Waals surface area (Å²) in [6.07, 6.45) is 9.48. The summed E-state index contributed by atoms with van der Waals surface area (Å²) in [6, 6.07) is 4.27. The molecule has 1 aromatic heterocycles. The number of nitrogens with two attached hydrogens (primary N) is 1. The van der Waals surface area contributed by atoms with Crippen molar-refractivity contribution in [2.75, 3.05) is 0 Å². The van der Waals surface area contributed by atoms with Crippen LogP contribution in [-0.2, 0) is 0 Å². The second-order valence-electron chi connectivity index (χ2n) is 5.59. The van der Waals surface area contributed by atoms with Gasteiger partial charge in [0.2, 0.25) is 0 Å². The third-order valence-electron chi connectivity index (χ3n) is 4.29. The minimum absolute atomic E-state index is 0.203. The van der Waals surface area contributed by atoms with E-state index >= 15 is 0 Å². The molecule has 18 heavy (non-hydrogen) atoms. The number of halogens is 1. The van der Waals surface area contributed by atoms with Crippen LogP contribution >= 0.6 is 22.9 Å². The monoisotopic (exact) mass is 285 g/mol. The maximum absolute atomic E-state index is 6.38. The molecule has 1 unspecified atom stereocenters. The third-order valence-corrected chi connectivity index (χ3v) is 5.62. The lowest BCUT2D eigenvalue weighted by atomic mass is 9.77. The molecular formula is C15H24ClNS. The van der Waals surface area contributed by atoms with Crippen molar-refractivity contribution in [2.24, 2.45) is 17.6 Å². The molecule has 0 amide bonds. The van der Waals surface area contributed by atoms with Crippen LogP contribution in [0, 0.1) is 11.8 Å². The first-order valence-electron chi connectivity index (χ1n) is 7.21. The molecule has 1 nitrogen and oxygen atoms in total. The smallest absolute Gasteiger partial charge is 0.0931 e. The van der Waals surface area contributed by atoms with Gasteiger partial charge in [0.25, 0.3) is 0 Å². The predicted molar refractivity (Wildman–Crippen MR) is 81.2 cm³/mol. The molecule has 0 saturated heterocycles. The van der Waals surface area contributed by atoms with E-state index in [-0.39, 0.29) is 6.04 Å². The average Bonchev–Trinajstić information content (AvgIpc) is 2.83. The summed E-state index contributed by atoms with van der Waals surface area (Å²) in [5, 5.41) is 0. The Hall–Kier alpha value is -0.0500. The van der Waals surface area contributed by atoms with Gasteiger partial charge in [-0.05, 0) is 36.8 Å². The van der Waals surface area contributed by atoms with Gasteiger partial charge < -0.3 is 5.73 Å². The van der Waals surface area contributed by atoms with Crippen molar-refractivity contribution >= 4 is 22.9 Å². The Morgan fingerprint density at radius 2 is 2.06 bits per heavy atom. The zero-order valence-electron chi connectivity index (χ0n) is 11.2. The van der Waals surface area contributed by atoms with Crippen LogP contribution < -0.4 is 5.73 Å². The first kappa shape index (κ1) is 14.4. The molecule has 102 valence electrons. The van der Waals surface area contributed by atoms with Gasteiger partial charge in [0.1, 0.15) is 0 Å². The summed E-state index contributed by atoms with van der Waals surface area (Å²) in [7, 11) is 0. The first-order chi connectivity index (χ1) is 8.70. The molecule has 0 spiro atoms. The zero-order chi connectivity index (χ0) is 13.0. The zero-order valence-corrected chi connectivity index (χ0v) is 12.8. The Morgan fingerprint density at radius 1 is 1.33 bits per heavy atom. The quantitative estimate of drug-likeness (QED) is 0.770. The van der Waals surface area contributed by atoms with Crippen LogP contribution in [0.4, 0.5) is 0 Å². The number of hydrogen-bond donors (Lipinski definition) is 1. The van der Waals surface area contributed by atoms with E-state index in [4.69, 9.17) is 17.3 Å². The second kappa shape index (κ2) is 6.93. The number of thiophene rings is 1. The van der Waals surface area contributed by atoms with E-state index in [1.165, 1.54) is 49.8 Å². The summed E-state index contributed by atoms with van der Waals surface area (Å²) < 4.78 is 0.858. The van der Waals surface area contributed by atoms with Gasteiger partial charge in [-0.2, -0.15) is 0 Å². The van der Waals surface area contributed by atoms with Gasteiger partial charge in [-0.1, -0.05) is 50.6 Å². The Morgan fingerprint density at radius 3 is 2.61 bits per heavy atom. The molecule has 1 fully saturated rings.